The Hall–Kier alpha value is -3.30. The Morgan fingerprint density at radius 3 is 2.71 bits per heavy atom. The Morgan fingerprint density at radius 1 is 1.03 bits per heavy atom. The van der Waals surface area contributed by atoms with Crippen LogP contribution < -0.4 is 10.1 Å². The summed E-state index contributed by atoms with van der Waals surface area (Å²) in [6.07, 6.45) is 10.1. The molecule has 4 aromatic rings. The number of H-pyrrole nitrogens is 1. The predicted molar refractivity (Wildman–Crippen MR) is 131 cm³/mol. The molecule has 34 heavy (non-hydrogen) atoms. The number of nitrogens with zero attached hydrogens (tertiary/aromatic N) is 5. The van der Waals surface area contributed by atoms with Gasteiger partial charge in [0, 0.05) is 49.6 Å². The van der Waals surface area contributed by atoms with Crippen LogP contribution in [-0.4, -0.2) is 75.3 Å². The van der Waals surface area contributed by atoms with Crippen molar-refractivity contribution >= 4 is 28.0 Å². The number of aromatic amines is 1. The second-order valence-electron chi connectivity index (χ2n) is 9.36. The maximum absolute atomic E-state index is 6.14. The lowest BCUT2D eigenvalue weighted by Crippen LogP contribution is -2.40. The molecular formula is C25H29N7O2. The molecule has 0 amide bonds. The van der Waals surface area contributed by atoms with E-state index in [9.17, 15) is 0 Å². The van der Waals surface area contributed by atoms with E-state index in [0.29, 0.717) is 24.0 Å². The topological polar surface area (TPSA) is 101 Å². The number of nitrogens with one attached hydrogen (secondary N) is 2. The van der Waals surface area contributed by atoms with Gasteiger partial charge in [0.05, 0.1) is 23.3 Å². The fourth-order valence-electron chi connectivity index (χ4n) is 4.77. The number of hydrogen-bond donors (Lipinski definition) is 2. The Balaban J connectivity index is 1.23. The second kappa shape index (κ2) is 8.81. The van der Waals surface area contributed by atoms with E-state index in [4.69, 9.17) is 14.5 Å². The third kappa shape index (κ3) is 4.17. The lowest BCUT2D eigenvalue weighted by Gasteiger charge is -2.34. The van der Waals surface area contributed by atoms with Crippen molar-refractivity contribution in [3.05, 3.63) is 36.8 Å². The van der Waals surface area contributed by atoms with E-state index < -0.39 is 0 Å². The Morgan fingerprint density at radius 2 is 1.88 bits per heavy atom. The molecule has 1 saturated heterocycles. The minimum Gasteiger partial charge on any atom is -0.473 e. The van der Waals surface area contributed by atoms with Crippen molar-refractivity contribution in [2.75, 3.05) is 32.6 Å². The van der Waals surface area contributed by atoms with Crippen molar-refractivity contribution < 1.29 is 9.47 Å². The zero-order chi connectivity index (χ0) is 23.1. The molecule has 4 heterocycles. The lowest BCUT2D eigenvalue weighted by molar-refractivity contribution is 0.0327. The van der Waals surface area contributed by atoms with E-state index in [1.807, 2.05) is 18.5 Å². The number of ether oxygens (including phenoxy) is 2. The van der Waals surface area contributed by atoms with Crippen molar-refractivity contribution in [1.82, 2.24) is 29.8 Å². The lowest BCUT2D eigenvalue weighted by atomic mass is 9.89. The average Bonchev–Trinajstić information content (AvgIpc) is 3.25. The van der Waals surface area contributed by atoms with Gasteiger partial charge in [-0.15, -0.1) is 0 Å². The molecule has 9 nitrogen and oxygen atoms in total. The molecule has 3 aromatic heterocycles. The van der Waals surface area contributed by atoms with Gasteiger partial charge in [0.2, 0.25) is 11.8 Å². The molecule has 1 aromatic carbocycles. The number of likely N-dealkylation sites (tertiary alicyclic amines) is 1. The first-order chi connectivity index (χ1) is 16.6. The summed E-state index contributed by atoms with van der Waals surface area (Å²) in [6.45, 7) is 2.09. The molecule has 1 saturated carbocycles. The van der Waals surface area contributed by atoms with Gasteiger partial charge >= 0.3 is 0 Å². The zero-order valence-electron chi connectivity index (χ0n) is 19.5. The van der Waals surface area contributed by atoms with Crippen LogP contribution in [-0.2, 0) is 4.74 Å². The molecule has 0 unspecified atom stereocenters. The van der Waals surface area contributed by atoms with E-state index in [-0.39, 0.29) is 6.10 Å². The highest BCUT2D eigenvalue weighted by molar-refractivity contribution is 5.95. The normalized spacial score (nSPS) is 21.6. The summed E-state index contributed by atoms with van der Waals surface area (Å²) in [7, 11) is 3.90. The van der Waals surface area contributed by atoms with Crippen LogP contribution in [0.2, 0.25) is 0 Å². The van der Waals surface area contributed by atoms with Crippen LogP contribution >= 0.6 is 0 Å². The van der Waals surface area contributed by atoms with Crippen LogP contribution in [0.5, 0.6) is 5.88 Å². The monoisotopic (exact) mass is 459 g/mol. The molecule has 2 N–H and O–H groups in total. The molecule has 1 aliphatic heterocycles. The largest absolute Gasteiger partial charge is 0.473 e. The van der Waals surface area contributed by atoms with Gasteiger partial charge in [0.25, 0.3) is 0 Å². The Labute approximate surface area is 197 Å². The maximum Gasteiger partial charge on any atom is 0.233 e. The second-order valence-corrected chi connectivity index (χ2v) is 9.36. The van der Waals surface area contributed by atoms with Crippen molar-refractivity contribution in [3.8, 4) is 17.0 Å². The molecule has 1 aliphatic carbocycles. The minimum atomic E-state index is 0.194. The smallest absolute Gasteiger partial charge is 0.233 e. The Kier molecular flexibility index (Phi) is 5.50. The molecule has 2 fully saturated rings. The van der Waals surface area contributed by atoms with E-state index in [0.717, 1.165) is 72.0 Å². The standard InChI is InChI=1S/C25H29N7O2/c1-32-7-5-17(6-8-32)34-23-14-26-21-4-3-15(9-22(21)30-23)19-12-27-24-20(19)13-28-25(31-24)29-16-10-18(11-16)33-2/h3-4,9,12-14,16-18H,5-8,10-11H2,1-2H3,(H2,27,28,29,31). The van der Waals surface area contributed by atoms with Crippen LogP contribution in [0, 0.1) is 0 Å². The number of aromatic nitrogens is 5. The SMILES string of the molecule is COC1CC(Nc2ncc3c(-c4ccc5ncc(OC6CCN(C)CC6)nc5c4)c[nH]c3n2)C1. The molecule has 0 spiro atoms. The number of methoxy groups -OCH3 is 1. The van der Waals surface area contributed by atoms with Crippen molar-refractivity contribution in [1.29, 1.82) is 0 Å². The van der Waals surface area contributed by atoms with Crippen LogP contribution in [0.25, 0.3) is 33.2 Å². The molecule has 0 bridgehead atoms. The van der Waals surface area contributed by atoms with Gasteiger partial charge in [-0.2, -0.15) is 4.98 Å². The first kappa shape index (κ1) is 21.2. The minimum absolute atomic E-state index is 0.194. The van der Waals surface area contributed by atoms with Crippen LogP contribution in [0.3, 0.4) is 0 Å². The molecule has 176 valence electrons. The number of rotatable bonds is 6. The van der Waals surface area contributed by atoms with E-state index in [1.54, 1.807) is 13.3 Å². The molecule has 9 heteroatoms. The van der Waals surface area contributed by atoms with Crippen LogP contribution in [0.15, 0.2) is 36.8 Å². The summed E-state index contributed by atoms with van der Waals surface area (Å²) in [6, 6.07) is 6.47. The highest BCUT2D eigenvalue weighted by atomic mass is 16.5. The third-order valence-corrected chi connectivity index (χ3v) is 6.98. The number of benzene rings is 1. The van der Waals surface area contributed by atoms with Gasteiger partial charge in [0.15, 0.2) is 0 Å². The van der Waals surface area contributed by atoms with Crippen LogP contribution in [0.4, 0.5) is 5.95 Å². The first-order valence-corrected chi connectivity index (χ1v) is 11.9. The average molecular weight is 460 g/mol. The summed E-state index contributed by atoms with van der Waals surface area (Å²) in [5.41, 5.74) is 4.54. The maximum atomic E-state index is 6.14. The summed E-state index contributed by atoms with van der Waals surface area (Å²) >= 11 is 0. The molecule has 0 atom stereocenters. The predicted octanol–water partition coefficient (Wildman–Crippen LogP) is 3.63. The number of hydrogen-bond acceptors (Lipinski definition) is 8. The van der Waals surface area contributed by atoms with Gasteiger partial charge in [-0.3, -0.25) is 0 Å². The van der Waals surface area contributed by atoms with E-state index in [1.165, 1.54) is 0 Å². The molecule has 2 aliphatic rings. The fraction of sp³-hybridized carbons (Fsp3) is 0.440. The van der Waals surface area contributed by atoms with Gasteiger partial charge in [-0.1, -0.05) is 6.07 Å². The number of anilines is 1. The van der Waals surface area contributed by atoms with Gasteiger partial charge < -0.3 is 24.7 Å². The molecular weight excluding hydrogens is 430 g/mol. The fourth-order valence-corrected chi connectivity index (χ4v) is 4.77. The summed E-state index contributed by atoms with van der Waals surface area (Å²) < 4.78 is 11.5. The van der Waals surface area contributed by atoms with Gasteiger partial charge in [-0.25, -0.2) is 15.0 Å². The van der Waals surface area contributed by atoms with Crippen molar-refractivity contribution in [2.45, 2.75) is 43.9 Å². The van der Waals surface area contributed by atoms with Crippen molar-refractivity contribution in [3.63, 3.8) is 0 Å². The van der Waals surface area contributed by atoms with Crippen molar-refractivity contribution in [2.24, 2.45) is 0 Å². The van der Waals surface area contributed by atoms with E-state index >= 15 is 0 Å². The summed E-state index contributed by atoms with van der Waals surface area (Å²) in [5, 5.41) is 4.37. The third-order valence-electron chi connectivity index (χ3n) is 6.98. The molecule has 0 radical (unpaired) electrons. The van der Waals surface area contributed by atoms with E-state index in [2.05, 4.69) is 49.3 Å². The number of piperidine rings is 1. The molecule has 6 rings (SSSR count). The van der Waals surface area contributed by atoms with Gasteiger partial charge in [-0.05, 0) is 50.4 Å². The van der Waals surface area contributed by atoms with Gasteiger partial charge in [0.1, 0.15) is 11.8 Å². The summed E-state index contributed by atoms with van der Waals surface area (Å²) in [5.74, 6) is 1.23. The first-order valence-electron chi connectivity index (χ1n) is 11.9. The summed E-state index contributed by atoms with van der Waals surface area (Å²) in [4.78, 5) is 24.2. The highest BCUT2D eigenvalue weighted by Gasteiger charge is 2.29. The highest BCUT2D eigenvalue weighted by Crippen LogP contribution is 2.31. The number of fused-ring (bicyclic) bond motifs is 2. The zero-order valence-corrected chi connectivity index (χ0v) is 19.5. The Bertz CT molecular complexity index is 1310. The quantitative estimate of drug-likeness (QED) is 0.451. The van der Waals surface area contributed by atoms with Crippen LogP contribution in [0.1, 0.15) is 25.7 Å².